The van der Waals surface area contributed by atoms with Gasteiger partial charge in [-0.25, -0.2) is 9.59 Å². The van der Waals surface area contributed by atoms with Gasteiger partial charge in [0.25, 0.3) is 0 Å². The van der Waals surface area contributed by atoms with Gasteiger partial charge < -0.3 is 14.5 Å². The molecule has 2 heterocycles. The Kier molecular flexibility index (Phi) is 4.61. The Morgan fingerprint density at radius 2 is 1.29 bits per heavy atom. The van der Waals surface area contributed by atoms with Gasteiger partial charge in [-0.2, -0.15) is 0 Å². The Hall–Kier alpha value is -2.82. The van der Waals surface area contributed by atoms with Crippen molar-refractivity contribution in [2.45, 2.75) is 51.9 Å². The Morgan fingerprint density at radius 1 is 0.821 bits per heavy atom. The predicted octanol–water partition coefficient (Wildman–Crippen LogP) is 4.16. The van der Waals surface area contributed by atoms with Gasteiger partial charge in [0.15, 0.2) is 6.04 Å². The van der Waals surface area contributed by atoms with Crippen LogP contribution in [0.2, 0.25) is 0 Å². The van der Waals surface area contributed by atoms with Crippen LogP contribution in [0.25, 0.3) is 0 Å². The third-order valence-corrected chi connectivity index (χ3v) is 6.06. The standard InChI is InChI=1S/C23H26N2O3/c1-14-5-9-18(10-6-14)16(3)24-20-13-28-22(26)21(20)25(23(24)27)17(4)19-11-7-15(2)8-12-19/h5-12,16-17,20-21H,13H2,1-4H3/t16?,17?,20-,21-/m0/s1. The molecule has 2 fully saturated rings. The largest absolute Gasteiger partial charge is 0.462 e. The van der Waals surface area contributed by atoms with Gasteiger partial charge in [0, 0.05) is 0 Å². The van der Waals surface area contributed by atoms with Gasteiger partial charge in [0.1, 0.15) is 6.61 Å². The number of fused-ring (bicyclic) bond motifs is 1. The summed E-state index contributed by atoms with van der Waals surface area (Å²) in [6.45, 7) is 8.32. The predicted molar refractivity (Wildman–Crippen MR) is 107 cm³/mol. The van der Waals surface area contributed by atoms with E-state index in [9.17, 15) is 9.59 Å². The molecule has 0 spiro atoms. The van der Waals surface area contributed by atoms with Crippen molar-refractivity contribution >= 4 is 12.0 Å². The first kappa shape index (κ1) is 18.5. The number of esters is 1. The molecule has 146 valence electrons. The smallest absolute Gasteiger partial charge is 0.331 e. The number of hydrogen-bond acceptors (Lipinski definition) is 3. The quantitative estimate of drug-likeness (QED) is 0.751. The lowest BCUT2D eigenvalue weighted by Crippen LogP contribution is -2.41. The van der Waals surface area contributed by atoms with Crippen LogP contribution in [0.1, 0.15) is 48.2 Å². The molecule has 0 aromatic heterocycles. The van der Waals surface area contributed by atoms with E-state index in [1.807, 2.05) is 81.1 Å². The van der Waals surface area contributed by atoms with Crippen molar-refractivity contribution in [3.8, 4) is 0 Å². The maximum Gasteiger partial charge on any atom is 0.331 e. The van der Waals surface area contributed by atoms with Crippen molar-refractivity contribution in [2.24, 2.45) is 0 Å². The molecular weight excluding hydrogens is 352 g/mol. The van der Waals surface area contributed by atoms with Gasteiger partial charge in [-0.15, -0.1) is 0 Å². The summed E-state index contributed by atoms with van der Waals surface area (Å²) in [7, 11) is 0. The number of hydrogen-bond donors (Lipinski definition) is 0. The van der Waals surface area contributed by atoms with Crippen LogP contribution in [0.15, 0.2) is 48.5 Å². The zero-order chi connectivity index (χ0) is 20.0. The van der Waals surface area contributed by atoms with Crippen LogP contribution in [0.3, 0.4) is 0 Å². The maximum absolute atomic E-state index is 13.5. The van der Waals surface area contributed by atoms with Crippen LogP contribution in [-0.2, 0) is 9.53 Å². The molecule has 2 amide bonds. The number of rotatable bonds is 4. The van der Waals surface area contributed by atoms with Crippen molar-refractivity contribution in [3.63, 3.8) is 0 Å². The summed E-state index contributed by atoms with van der Waals surface area (Å²) in [5, 5.41) is 0. The summed E-state index contributed by atoms with van der Waals surface area (Å²) in [5.74, 6) is -0.309. The topological polar surface area (TPSA) is 49.9 Å². The minimum absolute atomic E-state index is 0.104. The number of cyclic esters (lactones) is 1. The average Bonchev–Trinajstić information content (AvgIpc) is 3.18. The fourth-order valence-corrected chi connectivity index (χ4v) is 4.30. The van der Waals surface area contributed by atoms with E-state index in [0.29, 0.717) is 0 Å². The molecule has 5 nitrogen and oxygen atoms in total. The minimum Gasteiger partial charge on any atom is -0.462 e. The van der Waals surface area contributed by atoms with E-state index >= 15 is 0 Å². The van der Waals surface area contributed by atoms with Crippen LogP contribution in [0.5, 0.6) is 0 Å². The van der Waals surface area contributed by atoms with E-state index in [0.717, 1.165) is 16.7 Å². The second kappa shape index (κ2) is 6.97. The van der Waals surface area contributed by atoms with Crippen LogP contribution in [0, 0.1) is 13.8 Å². The average molecular weight is 378 g/mol. The van der Waals surface area contributed by atoms with E-state index < -0.39 is 6.04 Å². The SMILES string of the molecule is Cc1ccc(C(C)N2C(=O)N(C(C)c3ccc(C)cc3)[C@H]3COC(=O)[C@H]32)cc1. The Morgan fingerprint density at radius 3 is 1.79 bits per heavy atom. The molecule has 0 aliphatic carbocycles. The number of urea groups is 1. The molecule has 2 unspecified atom stereocenters. The second-order valence-electron chi connectivity index (χ2n) is 7.91. The summed E-state index contributed by atoms with van der Waals surface area (Å²) >= 11 is 0. The lowest BCUT2D eigenvalue weighted by molar-refractivity contribution is -0.141. The van der Waals surface area contributed by atoms with Gasteiger partial charge >= 0.3 is 12.0 Å². The fraction of sp³-hybridized carbons (Fsp3) is 0.391. The van der Waals surface area contributed by atoms with Gasteiger partial charge in [-0.1, -0.05) is 59.7 Å². The van der Waals surface area contributed by atoms with Crippen LogP contribution in [-0.4, -0.2) is 40.5 Å². The summed E-state index contributed by atoms with van der Waals surface area (Å²) in [5.41, 5.74) is 4.41. The van der Waals surface area contributed by atoms with Crippen LogP contribution >= 0.6 is 0 Å². The lowest BCUT2D eigenvalue weighted by atomic mass is 10.0. The molecule has 2 aromatic carbocycles. The van der Waals surface area contributed by atoms with Gasteiger partial charge in [0.05, 0.1) is 18.1 Å². The highest BCUT2D eigenvalue weighted by Crippen LogP contribution is 2.40. The Balaban J connectivity index is 1.68. The summed E-state index contributed by atoms with van der Waals surface area (Å²) in [6.07, 6.45) is 0. The first-order valence-electron chi connectivity index (χ1n) is 9.79. The number of amides is 2. The van der Waals surface area contributed by atoms with Crippen LogP contribution < -0.4 is 0 Å². The van der Waals surface area contributed by atoms with E-state index in [1.54, 1.807) is 4.90 Å². The summed E-state index contributed by atoms with van der Waals surface area (Å²) < 4.78 is 5.36. The first-order valence-corrected chi connectivity index (χ1v) is 9.79. The maximum atomic E-state index is 13.5. The highest BCUT2D eigenvalue weighted by Gasteiger charge is 2.57. The second-order valence-corrected chi connectivity index (χ2v) is 7.91. The molecule has 2 aliphatic heterocycles. The summed E-state index contributed by atoms with van der Waals surface area (Å²) in [6, 6.07) is 15.0. The lowest BCUT2D eigenvalue weighted by Gasteiger charge is -2.30. The van der Waals surface area contributed by atoms with Gasteiger partial charge in [-0.05, 0) is 38.8 Å². The summed E-state index contributed by atoms with van der Waals surface area (Å²) in [4.78, 5) is 29.5. The molecule has 28 heavy (non-hydrogen) atoms. The monoisotopic (exact) mass is 378 g/mol. The number of carbonyl (C=O) groups excluding carboxylic acids is 2. The fourth-order valence-electron chi connectivity index (χ4n) is 4.30. The highest BCUT2D eigenvalue weighted by molar-refractivity contribution is 5.91. The molecular formula is C23H26N2O3. The zero-order valence-corrected chi connectivity index (χ0v) is 16.8. The molecule has 2 saturated heterocycles. The van der Waals surface area contributed by atoms with E-state index in [2.05, 4.69) is 0 Å². The number of nitrogens with zero attached hydrogens (tertiary/aromatic N) is 2. The first-order chi connectivity index (χ1) is 13.4. The van der Waals surface area contributed by atoms with Crippen molar-refractivity contribution < 1.29 is 14.3 Å². The van der Waals surface area contributed by atoms with E-state index in [-0.39, 0.29) is 36.7 Å². The number of benzene rings is 2. The van der Waals surface area contributed by atoms with Crippen LogP contribution in [0.4, 0.5) is 4.79 Å². The Labute approximate surface area is 165 Å². The van der Waals surface area contributed by atoms with Crippen molar-refractivity contribution in [1.29, 1.82) is 0 Å². The molecule has 5 heteroatoms. The van der Waals surface area contributed by atoms with E-state index in [1.165, 1.54) is 5.56 Å². The molecule has 4 atom stereocenters. The molecule has 0 radical (unpaired) electrons. The van der Waals surface area contributed by atoms with Gasteiger partial charge in [-0.3, -0.25) is 0 Å². The zero-order valence-electron chi connectivity index (χ0n) is 16.8. The third kappa shape index (κ3) is 2.95. The minimum atomic E-state index is -0.559. The molecule has 2 aromatic rings. The van der Waals surface area contributed by atoms with Gasteiger partial charge in [0.2, 0.25) is 0 Å². The number of carbonyl (C=O) groups is 2. The molecule has 0 saturated carbocycles. The van der Waals surface area contributed by atoms with Crippen molar-refractivity contribution in [2.75, 3.05) is 6.61 Å². The molecule has 0 N–H and O–H groups in total. The molecule has 0 bridgehead atoms. The molecule has 4 rings (SSSR count). The van der Waals surface area contributed by atoms with E-state index in [4.69, 9.17) is 4.74 Å². The normalized spacial score (nSPS) is 23.6. The Bertz CT molecular complexity index is 891. The van der Waals surface area contributed by atoms with Crippen molar-refractivity contribution in [3.05, 3.63) is 70.8 Å². The highest BCUT2D eigenvalue weighted by atomic mass is 16.5. The molecule has 2 aliphatic rings. The van der Waals surface area contributed by atoms with Crippen molar-refractivity contribution in [1.82, 2.24) is 9.80 Å². The number of ether oxygens (including phenoxy) is 1. The number of aryl methyl sites for hydroxylation is 2. The third-order valence-electron chi connectivity index (χ3n) is 6.06.